The quantitative estimate of drug-likeness (QED) is 0.245. The van der Waals surface area contributed by atoms with Crippen LogP contribution in [-0.4, -0.2) is 62.2 Å². The highest BCUT2D eigenvalue weighted by Crippen LogP contribution is 2.17. The number of quaternary nitrogens is 1. The van der Waals surface area contributed by atoms with E-state index in [4.69, 9.17) is 4.74 Å². The second kappa shape index (κ2) is 8.84. The van der Waals surface area contributed by atoms with Gasteiger partial charge >= 0.3 is 5.97 Å². The minimum absolute atomic E-state index is 0.0426. The van der Waals surface area contributed by atoms with Crippen molar-refractivity contribution >= 4 is 25.0 Å². The number of rotatable bonds is 8. The summed E-state index contributed by atoms with van der Waals surface area (Å²) in [4.78, 5) is 33.4. The maximum Gasteiger partial charge on any atom is 0.331 e. The van der Waals surface area contributed by atoms with E-state index < -0.39 is 19.7 Å². The largest absolute Gasteiger partial charge is 0.630 e. The monoisotopic (exact) mass is 303 g/mol. The minimum atomic E-state index is -1.54. The van der Waals surface area contributed by atoms with Gasteiger partial charge in [-0.25, -0.2) is 4.79 Å². The normalized spacial score (nSPS) is 13.2. The molecule has 0 heterocycles. The Bertz CT molecular complexity index is 409. The Morgan fingerprint density at radius 3 is 2.30 bits per heavy atom. The van der Waals surface area contributed by atoms with Crippen LogP contribution < -0.4 is 10.00 Å². The fraction of sp³-hybridized carbons (Fsp3) is 0.615. The number of hydrogen-bond donors (Lipinski definition) is 0. The van der Waals surface area contributed by atoms with Gasteiger partial charge in [0.15, 0.2) is 12.8 Å². The Morgan fingerprint density at radius 1 is 1.25 bits per heavy atom. The molecule has 0 bridgehead atoms. The molecule has 1 unspecified atom stereocenters. The number of carboxylic acids is 1. The first-order valence-electron chi connectivity index (χ1n) is 6.31. The van der Waals surface area contributed by atoms with Gasteiger partial charge < -0.3 is 24.0 Å². The van der Waals surface area contributed by atoms with E-state index in [1.807, 2.05) is 28.1 Å². The zero-order chi connectivity index (χ0) is 15.8. The van der Waals surface area contributed by atoms with Gasteiger partial charge in [-0.2, -0.15) is 0 Å². The highest BCUT2D eigenvalue weighted by molar-refractivity contribution is 7.51. The fourth-order valence-electron chi connectivity index (χ4n) is 1.24. The molecule has 114 valence electrons. The number of nitrogens with zero attached hydrogens (tertiary/aromatic N) is 1. The zero-order valence-corrected chi connectivity index (χ0v) is 13.3. The van der Waals surface area contributed by atoms with E-state index in [0.717, 1.165) is 12.6 Å². The molecule has 0 aliphatic carbocycles. The first kappa shape index (κ1) is 18.8. The Kier molecular flexibility index (Phi) is 8.30. The maximum absolute atomic E-state index is 12.1. The molecule has 0 aromatic carbocycles. The number of carbonyl (C=O) groups is 2. The van der Waals surface area contributed by atoms with Gasteiger partial charge in [-0.15, -0.1) is 0 Å². The Morgan fingerprint density at radius 2 is 1.85 bits per heavy atom. The second-order valence-electron chi connectivity index (χ2n) is 5.30. The summed E-state index contributed by atoms with van der Waals surface area (Å²) >= 11 is 0. The number of esters is 1. The van der Waals surface area contributed by atoms with Crippen LogP contribution in [0.15, 0.2) is 12.2 Å². The number of aliphatic carboxylic acids is 1. The van der Waals surface area contributed by atoms with E-state index in [0.29, 0.717) is 28.4 Å². The number of carboxylic acid groups (broad SMARTS) is 1. The molecule has 0 aromatic rings. The molecule has 0 fully saturated rings. The number of carbonyl (C=O) groups excluding carboxylic acids is 2. The van der Waals surface area contributed by atoms with Gasteiger partial charge in [-0.1, -0.05) is 6.92 Å². The molecule has 0 aliphatic heterocycles. The average Bonchev–Trinajstić information content (AvgIpc) is 2.33. The van der Waals surface area contributed by atoms with Gasteiger partial charge in [-0.05, 0) is 6.08 Å². The van der Waals surface area contributed by atoms with E-state index in [9.17, 15) is 19.6 Å². The van der Waals surface area contributed by atoms with Gasteiger partial charge in [0.1, 0.15) is 11.8 Å². The highest BCUT2D eigenvalue weighted by atomic mass is 31.1. The third kappa shape index (κ3) is 9.67. The van der Waals surface area contributed by atoms with Crippen LogP contribution in [0.5, 0.6) is 0 Å². The van der Waals surface area contributed by atoms with Crippen molar-refractivity contribution in [1.29, 1.82) is 0 Å². The molecule has 0 spiro atoms. The van der Waals surface area contributed by atoms with Crippen LogP contribution in [0.2, 0.25) is 0 Å². The molecule has 1 atom stereocenters. The molecule has 0 aromatic heterocycles. The van der Waals surface area contributed by atoms with Crippen LogP contribution in [0.1, 0.15) is 13.3 Å². The molecule has 0 rings (SSSR count). The minimum Gasteiger partial charge on any atom is -0.630 e. The van der Waals surface area contributed by atoms with Crippen molar-refractivity contribution in [3.8, 4) is 0 Å². The SMILES string of the molecule is CCC(COC(=O)C=CC(=O)[O-])=[P+]([O-])CC[N+](C)(C)C. The smallest absolute Gasteiger partial charge is 0.331 e. The van der Waals surface area contributed by atoms with E-state index in [1.165, 1.54) is 0 Å². The average molecular weight is 303 g/mol. The van der Waals surface area contributed by atoms with E-state index in [-0.39, 0.29) is 6.61 Å². The molecular formula is C13H22NO5P. The van der Waals surface area contributed by atoms with Gasteiger partial charge in [0.2, 0.25) is 0 Å². The van der Waals surface area contributed by atoms with Crippen LogP contribution >= 0.6 is 7.77 Å². The Hall–Kier alpha value is -1.23. The van der Waals surface area contributed by atoms with Crippen molar-refractivity contribution in [1.82, 2.24) is 0 Å². The van der Waals surface area contributed by atoms with Crippen molar-refractivity contribution in [2.24, 2.45) is 0 Å². The number of hydrogen-bond acceptors (Lipinski definition) is 5. The topological polar surface area (TPSA) is 89.5 Å². The molecule has 0 saturated heterocycles. The van der Waals surface area contributed by atoms with Crippen LogP contribution in [0, 0.1) is 0 Å². The summed E-state index contributed by atoms with van der Waals surface area (Å²) in [7, 11) is 4.50. The first-order valence-corrected chi connectivity index (χ1v) is 7.76. The molecule has 6 nitrogen and oxygen atoms in total. The standard InChI is InChI=1S/C13H22NO5P/c1-5-11(20(18)9-8-14(2,3)4)10-19-13(17)7-6-12(15)16/h6-7H,5,8-10H2,1-4H3. The van der Waals surface area contributed by atoms with Crippen LogP contribution in [0.4, 0.5) is 0 Å². The van der Waals surface area contributed by atoms with Crippen molar-refractivity contribution < 1.29 is 28.8 Å². The lowest BCUT2D eigenvalue weighted by Gasteiger charge is -2.22. The third-order valence-electron chi connectivity index (χ3n) is 2.47. The van der Waals surface area contributed by atoms with Gasteiger partial charge in [0.05, 0.1) is 34.9 Å². The van der Waals surface area contributed by atoms with E-state index >= 15 is 0 Å². The van der Waals surface area contributed by atoms with Crippen molar-refractivity contribution in [3.63, 3.8) is 0 Å². The van der Waals surface area contributed by atoms with Gasteiger partial charge in [0.25, 0.3) is 0 Å². The zero-order valence-electron chi connectivity index (χ0n) is 12.4. The van der Waals surface area contributed by atoms with Crippen molar-refractivity contribution in [2.45, 2.75) is 13.3 Å². The fourth-order valence-corrected chi connectivity index (χ4v) is 2.90. The van der Waals surface area contributed by atoms with Crippen LogP contribution in [0.3, 0.4) is 0 Å². The van der Waals surface area contributed by atoms with Crippen molar-refractivity contribution in [2.75, 3.05) is 40.5 Å². The predicted octanol–water partition coefficient (Wildman–Crippen LogP) is -1.12. The summed E-state index contributed by atoms with van der Waals surface area (Å²) < 4.78 is 5.57. The van der Waals surface area contributed by atoms with E-state index in [2.05, 4.69) is 0 Å². The molecule has 0 aliphatic rings. The summed E-state index contributed by atoms with van der Waals surface area (Å²) in [5.74, 6) is -2.24. The van der Waals surface area contributed by atoms with E-state index in [1.54, 1.807) is 0 Å². The first-order chi connectivity index (χ1) is 9.15. The third-order valence-corrected chi connectivity index (χ3v) is 4.23. The number of ether oxygens (including phenoxy) is 1. The summed E-state index contributed by atoms with van der Waals surface area (Å²) in [6.45, 7) is 2.57. The molecular weight excluding hydrogens is 281 g/mol. The second-order valence-corrected chi connectivity index (χ2v) is 7.13. The summed E-state index contributed by atoms with van der Waals surface area (Å²) in [6, 6.07) is 0. The van der Waals surface area contributed by atoms with Crippen LogP contribution in [-0.2, 0) is 14.3 Å². The van der Waals surface area contributed by atoms with Gasteiger partial charge in [-0.3, -0.25) is 0 Å². The summed E-state index contributed by atoms with van der Waals surface area (Å²) in [5, 5.41) is 10.8. The molecule has 7 heteroatoms. The lowest BCUT2D eigenvalue weighted by atomic mass is 10.3. The Balaban J connectivity index is 4.46. The summed E-state index contributed by atoms with van der Waals surface area (Å²) in [6.07, 6.45) is 2.48. The maximum atomic E-state index is 12.1. The molecule has 0 saturated carbocycles. The van der Waals surface area contributed by atoms with Gasteiger partial charge in [0, 0.05) is 12.5 Å². The Labute approximate surface area is 120 Å². The highest BCUT2D eigenvalue weighted by Gasteiger charge is 2.15. The lowest BCUT2D eigenvalue weighted by molar-refractivity contribution is -0.867. The van der Waals surface area contributed by atoms with Crippen LogP contribution in [0.25, 0.3) is 0 Å². The molecule has 0 radical (unpaired) electrons. The predicted molar refractivity (Wildman–Crippen MR) is 75.1 cm³/mol. The summed E-state index contributed by atoms with van der Waals surface area (Å²) in [5.41, 5.74) is 0. The molecule has 0 N–H and O–H groups in total. The lowest BCUT2D eigenvalue weighted by Crippen LogP contribution is -2.37. The molecule has 0 amide bonds. The molecule has 20 heavy (non-hydrogen) atoms. The van der Waals surface area contributed by atoms with Crippen molar-refractivity contribution in [3.05, 3.63) is 12.2 Å².